The van der Waals surface area contributed by atoms with E-state index >= 15 is 0 Å². The summed E-state index contributed by atoms with van der Waals surface area (Å²) in [7, 11) is 1.70. The van der Waals surface area contributed by atoms with Gasteiger partial charge >= 0.3 is 11.4 Å². The Bertz CT molecular complexity index is 991. The van der Waals surface area contributed by atoms with Gasteiger partial charge in [-0.1, -0.05) is 0 Å². The Morgan fingerprint density at radius 1 is 0.643 bits per heavy atom. The van der Waals surface area contributed by atoms with Gasteiger partial charge in [0.15, 0.2) is 0 Å². The Balaban J connectivity index is 1.47. The number of hydrogen-bond acceptors (Lipinski definition) is 2. The van der Waals surface area contributed by atoms with Crippen molar-refractivity contribution in [2.75, 3.05) is 0 Å². The van der Waals surface area contributed by atoms with Crippen LogP contribution < -0.4 is 11.4 Å². The van der Waals surface area contributed by atoms with E-state index in [1.54, 1.807) is 18.2 Å². The van der Waals surface area contributed by atoms with Crippen molar-refractivity contribution in [1.29, 1.82) is 0 Å². The van der Waals surface area contributed by atoms with Crippen LogP contribution in [-0.2, 0) is 7.05 Å². The number of fused-ring (bicyclic) bond motifs is 9. The highest BCUT2D eigenvalue weighted by atomic mass is 16.2. The van der Waals surface area contributed by atoms with Crippen LogP contribution in [0.4, 0.5) is 0 Å². The average molecular weight is 380 g/mol. The number of hydrogen-bond donors (Lipinski definition) is 0. The topological polar surface area (TPSA) is 48.9 Å². The summed E-state index contributed by atoms with van der Waals surface area (Å²) in [6.45, 7) is 0. The zero-order chi connectivity index (χ0) is 18.5. The minimum atomic E-state index is -0.0541. The lowest BCUT2D eigenvalue weighted by Crippen LogP contribution is -2.41. The number of nitrogens with zero attached hydrogens (tertiary/aromatic N) is 3. The van der Waals surface area contributed by atoms with Gasteiger partial charge in [-0.05, 0) is 110 Å². The van der Waals surface area contributed by atoms with Gasteiger partial charge in [-0.25, -0.2) is 23.5 Å². The van der Waals surface area contributed by atoms with Crippen LogP contribution in [-0.4, -0.2) is 13.9 Å². The van der Waals surface area contributed by atoms with E-state index in [0.29, 0.717) is 23.7 Å². The third-order valence-electron chi connectivity index (χ3n) is 10.8. The van der Waals surface area contributed by atoms with Crippen molar-refractivity contribution in [3.05, 3.63) is 32.1 Å². The van der Waals surface area contributed by atoms with E-state index in [-0.39, 0.29) is 23.5 Å². The van der Waals surface area contributed by atoms with Crippen molar-refractivity contribution in [2.24, 2.45) is 54.4 Å². The molecule has 1 aromatic heterocycles. The molecule has 0 aromatic carbocycles. The lowest BCUT2D eigenvalue weighted by molar-refractivity contribution is 0.225. The van der Waals surface area contributed by atoms with Gasteiger partial charge in [-0.3, -0.25) is 0 Å². The Morgan fingerprint density at radius 3 is 1.54 bits per heavy atom. The Kier molecular flexibility index (Phi) is 2.53. The van der Waals surface area contributed by atoms with Crippen molar-refractivity contribution in [2.45, 2.75) is 63.5 Å². The highest BCUT2D eigenvalue weighted by Gasteiger charge is 2.65. The number of rotatable bonds is 0. The first-order chi connectivity index (χ1) is 13.7. The largest absolute Gasteiger partial charge is 0.347 e. The smallest absolute Gasteiger partial charge is 0.246 e. The van der Waals surface area contributed by atoms with Gasteiger partial charge in [0.25, 0.3) is 0 Å². The molecule has 0 unspecified atom stereocenters. The number of aromatic nitrogens is 3. The van der Waals surface area contributed by atoms with E-state index in [9.17, 15) is 9.59 Å². The summed E-state index contributed by atoms with van der Waals surface area (Å²) < 4.78 is 5.39. The fourth-order valence-corrected chi connectivity index (χ4v) is 10.2. The summed E-state index contributed by atoms with van der Waals surface area (Å²) in [6, 6.07) is 0.400. The maximum Gasteiger partial charge on any atom is 0.347 e. The van der Waals surface area contributed by atoms with Crippen molar-refractivity contribution < 1.29 is 0 Å². The van der Waals surface area contributed by atoms with Crippen molar-refractivity contribution in [3.63, 3.8) is 0 Å². The first-order valence-electron chi connectivity index (χ1n) is 11.8. The first-order valence-corrected chi connectivity index (χ1v) is 11.8. The summed E-state index contributed by atoms with van der Waals surface area (Å²) >= 11 is 0. The molecule has 0 N–H and O–H groups in total. The third kappa shape index (κ3) is 1.39. The molecule has 0 spiro atoms. The minimum absolute atomic E-state index is 0.0541. The fraction of sp³-hybridized carbons (Fsp3) is 0.826. The molecule has 28 heavy (non-hydrogen) atoms. The SMILES string of the molecule is Cn1c(=O)n2n(c1=O)[C@@H]1C(=C3[C@@H]2[C@H]2CC[C@H]4CC[C@@H]3[C@H]42)[C@@H]2CC[C@@H]3CC[C@H]1[C@@H]32. The molecule has 2 heterocycles. The highest BCUT2D eigenvalue weighted by molar-refractivity contribution is 5.41. The van der Waals surface area contributed by atoms with Crippen LogP contribution in [0.15, 0.2) is 20.7 Å². The van der Waals surface area contributed by atoms with Gasteiger partial charge in [-0.15, -0.1) is 0 Å². The molecule has 5 nitrogen and oxygen atoms in total. The Labute approximate surface area is 164 Å². The van der Waals surface area contributed by atoms with Crippen molar-refractivity contribution in [1.82, 2.24) is 13.9 Å². The zero-order valence-corrected chi connectivity index (χ0v) is 16.6. The van der Waals surface area contributed by atoms with Gasteiger partial charge < -0.3 is 0 Å². The molecule has 6 aliphatic carbocycles. The van der Waals surface area contributed by atoms with Crippen LogP contribution in [0.25, 0.3) is 0 Å². The molecular weight excluding hydrogens is 350 g/mol. The maximum absolute atomic E-state index is 13.3. The van der Waals surface area contributed by atoms with Crippen LogP contribution in [0.2, 0.25) is 0 Å². The lowest BCUT2D eigenvalue weighted by Gasteiger charge is -2.36. The van der Waals surface area contributed by atoms with Crippen LogP contribution in [0.1, 0.15) is 63.5 Å². The molecule has 0 radical (unpaired) electrons. The summed E-state index contributed by atoms with van der Waals surface area (Å²) in [5.41, 5.74) is 3.27. The van der Waals surface area contributed by atoms with E-state index in [1.165, 1.54) is 55.9 Å². The van der Waals surface area contributed by atoms with Crippen molar-refractivity contribution in [3.8, 4) is 0 Å². The molecule has 0 saturated heterocycles. The molecule has 6 fully saturated rings. The molecule has 0 bridgehead atoms. The fourth-order valence-electron chi connectivity index (χ4n) is 10.2. The second-order valence-corrected chi connectivity index (χ2v) is 11.1. The standard InChI is InChI=1S/C23H29N3O2/c1-24-22(27)25-20-14-8-4-10-2-6-12(16(10)14)18(20)19-13-7-3-11-5-9-15(17(11)13)21(19)26(25)23(24)28/h10-17,20-21H,2-9H2,1H3/t10-,11-,12-,13-,14+,15+,16+,17+,20+,21+/m1/s1. The molecule has 8 rings (SSSR count). The van der Waals surface area contributed by atoms with E-state index in [2.05, 4.69) is 0 Å². The van der Waals surface area contributed by atoms with E-state index in [4.69, 9.17) is 0 Å². The second kappa shape index (κ2) is 4.62. The van der Waals surface area contributed by atoms with Gasteiger partial charge in [0.05, 0.1) is 12.1 Å². The second-order valence-electron chi connectivity index (χ2n) is 11.1. The maximum atomic E-state index is 13.3. The lowest BCUT2D eigenvalue weighted by atomic mass is 9.83. The Hall–Kier alpha value is -1.52. The highest BCUT2D eigenvalue weighted by Crippen LogP contribution is 2.71. The van der Waals surface area contributed by atoms with Crippen LogP contribution in [0.5, 0.6) is 0 Å². The molecule has 10 atom stereocenters. The molecule has 5 heteroatoms. The van der Waals surface area contributed by atoms with E-state index < -0.39 is 0 Å². The van der Waals surface area contributed by atoms with Crippen LogP contribution in [0.3, 0.4) is 0 Å². The molecule has 0 amide bonds. The number of allylic oxidation sites excluding steroid dienone is 2. The van der Waals surface area contributed by atoms with Crippen LogP contribution >= 0.6 is 0 Å². The summed E-state index contributed by atoms with van der Waals surface area (Å²) in [6.07, 6.45) is 10.7. The predicted octanol–water partition coefficient (Wildman–Crippen LogP) is 2.87. The first kappa shape index (κ1) is 15.3. The zero-order valence-electron chi connectivity index (χ0n) is 16.6. The van der Waals surface area contributed by atoms with E-state index in [0.717, 1.165) is 23.7 Å². The molecule has 148 valence electrons. The van der Waals surface area contributed by atoms with Gasteiger partial charge in [-0.2, -0.15) is 0 Å². The van der Waals surface area contributed by atoms with Crippen LogP contribution in [0, 0.1) is 47.3 Å². The predicted molar refractivity (Wildman–Crippen MR) is 104 cm³/mol. The van der Waals surface area contributed by atoms with Gasteiger partial charge in [0, 0.05) is 7.05 Å². The van der Waals surface area contributed by atoms with Crippen molar-refractivity contribution >= 4 is 0 Å². The quantitative estimate of drug-likeness (QED) is 0.651. The monoisotopic (exact) mass is 379 g/mol. The van der Waals surface area contributed by atoms with Gasteiger partial charge in [0.2, 0.25) is 0 Å². The molecule has 6 saturated carbocycles. The van der Waals surface area contributed by atoms with Gasteiger partial charge in [0.1, 0.15) is 0 Å². The minimum Gasteiger partial charge on any atom is -0.246 e. The Morgan fingerprint density at radius 2 is 1.07 bits per heavy atom. The normalized spacial score (nSPS) is 51.5. The molecule has 1 aliphatic heterocycles. The average Bonchev–Trinajstić information content (AvgIpc) is 3.46. The van der Waals surface area contributed by atoms with E-state index in [1.807, 2.05) is 9.36 Å². The molecule has 1 aromatic rings. The third-order valence-corrected chi connectivity index (χ3v) is 10.8. The summed E-state index contributed by atoms with van der Waals surface area (Å²) in [5.74, 6) is 5.98. The summed E-state index contributed by atoms with van der Waals surface area (Å²) in [4.78, 5) is 26.6. The summed E-state index contributed by atoms with van der Waals surface area (Å²) in [5, 5.41) is 0. The molecule has 7 aliphatic rings. The molecular formula is C23H29N3O2.